The van der Waals surface area contributed by atoms with Crippen molar-refractivity contribution in [3.05, 3.63) is 52.9 Å². The lowest BCUT2D eigenvalue weighted by Gasteiger charge is -2.19. The quantitative estimate of drug-likeness (QED) is 0.850. The van der Waals surface area contributed by atoms with Crippen LogP contribution < -0.4 is 10.8 Å². The third-order valence-electron chi connectivity index (χ3n) is 4.20. The van der Waals surface area contributed by atoms with Crippen molar-refractivity contribution in [2.24, 2.45) is 12.0 Å². The molecule has 0 unspecified atom stereocenters. The molecular weight excluding hydrogens is 320 g/mol. The number of carbonyl (C=O) groups is 2. The Morgan fingerprint density at radius 1 is 1.20 bits per heavy atom. The fourth-order valence-electron chi connectivity index (χ4n) is 2.96. The summed E-state index contributed by atoms with van der Waals surface area (Å²) in [6, 6.07) is 8.45. The van der Waals surface area contributed by atoms with Crippen LogP contribution in [-0.4, -0.2) is 28.7 Å². The number of aromatic nitrogens is 2. The first-order valence-electron chi connectivity index (χ1n) is 8.18. The molecule has 25 heavy (non-hydrogen) atoms. The van der Waals surface area contributed by atoms with E-state index >= 15 is 0 Å². The molecule has 130 valence electrons. The number of nitrogens with one attached hydrogen (secondary N) is 1. The average molecular weight is 340 g/mol. The predicted molar refractivity (Wildman–Crippen MR) is 92.2 cm³/mol. The minimum Gasteiger partial charge on any atom is -0.464 e. The number of methoxy groups -OCH3 is 1. The van der Waals surface area contributed by atoms with Crippen molar-refractivity contribution in [1.29, 1.82) is 0 Å². The van der Waals surface area contributed by atoms with Crippen molar-refractivity contribution in [1.82, 2.24) is 9.55 Å². The zero-order chi connectivity index (χ0) is 17.8. The predicted octanol–water partition coefficient (Wildman–Crippen LogP) is 2.22. The minimum atomic E-state index is -0.602. The van der Waals surface area contributed by atoms with Crippen molar-refractivity contribution in [2.45, 2.75) is 25.7 Å². The molecule has 0 bridgehead atoms. The van der Waals surface area contributed by atoms with Crippen LogP contribution >= 0.6 is 0 Å². The summed E-state index contributed by atoms with van der Waals surface area (Å²) >= 11 is 0. The number of amides is 2. The van der Waals surface area contributed by atoms with E-state index in [-0.39, 0.29) is 11.2 Å². The summed E-state index contributed by atoms with van der Waals surface area (Å²) in [5.41, 5.74) is 2.78. The topological polar surface area (TPSA) is 85.6 Å². The molecule has 1 aliphatic carbocycles. The Bertz CT molecular complexity index is 872. The van der Waals surface area contributed by atoms with Crippen LogP contribution in [0.15, 0.2) is 35.3 Å². The van der Waals surface area contributed by atoms with E-state index in [9.17, 15) is 9.59 Å². The Hall–Kier alpha value is -2.96. The van der Waals surface area contributed by atoms with Gasteiger partial charge in [-0.25, -0.2) is 14.6 Å². The second-order valence-electron chi connectivity index (χ2n) is 5.84. The maximum Gasteiger partial charge on any atom is 0.360 e. The first-order valence-corrected chi connectivity index (χ1v) is 8.18. The normalized spacial score (nSPS) is 13.9. The van der Waals surface area contributed by atoms with Crippen LogP contribution in [0.1, 0.15) is 34.7 Å². The molecule has 7 heteroatoms. The Morgan fingerprint density at radius 2 is 1.92 bits per heavy atom. The van der Waals surface area contributed by atoms with Crippen molar-refractivity contribution < 1.29 is 14.3 Å². The van der Waals surface area contributed by atoms with Gasteiger partial charge in [-0.3, -0.25) is 0 Å². The summed E-state index contributed by atoms with van der Waals surface area (Å²) in [6.07, 6.45) is 3.74. The monoisotopic (exact) mass is 340 g/mol. The van der Waals surface area contributed by atoms with Crippen molar-refractivity contribution in [2.75, 3.05) is 12.4 Å². The number of fused-ring (bicyclic) bond motifs is 1. The number of benzene rings is 1. The summed E-state index contributed by atoms with van der Waals surface area (Å²) in [5, 5.41) is 2.68. The second kappa shape index (κ2) is 7.29. The number of para-hydroxylation sites is 1. The maximum atomic E-state index is 12.3. The standard InChI is InChI=1S/C18H20N4O3/c1-22-14-11-7-6-10-13(14)20-15(17(23)25-2)16(22)21-18(24)19-12-8-4-3-5-9-12/h3-5,8-9H,6-7,10-11H2,1-2H3,(H,19,24)/b21-16-. The number of carbonyl (C=O) groups excluding carboxylic acids is 2. The molecule has 0 atom stereocenters. The highest BCUT2D eigenvalue weighted by Crippen LogP contribution is 2.18. The van der Waals surface area contributed by atoms with E-state index in [1.54, 1.807) is 23.7 Å². The van der Waals surface area contributed by atoms with Crippen LogP contribution in [0, 0.1) is 0 Å². The molecular formula is C18H20N4O3. The van der Waals surface area contributed by atoms with E-state index < -0.39 is 12.0 Å². The van der Waals surface area contributed by atoms with Gasteiger partial charge in [0.2, 0.25) is 0 Å². The molecule has 1 heterocycles. The summed E-state index contributed by atoms with van der Waals surface area (Å²) in [6.45, 7) is 0. The molecule has 0 spiro atoms. The lowest BCUT2D eigenvalue weighted by atomic mass is 10.00. The second-order valence-corrected chi connectivity index (χ2v) is 5.84. The molecule has 2 amide bonds. The summed E-state index contributed by atoms with van der Waals surface area (Å²) < 4.78 is 6.59. The van der Waals surface area contributed by atoms with E-state index in [0.29, 0.717) is 5.69 Å². The smallest absolute Gasteiger partial charge is 0.360 e. The van der Waals surface area contributed by atoms with Crippen LogP contribution in [0.3, 0.4) is 0 Å². The lowest BCUT2D eigenvalue weighted by Crippen LogP contribution is -2.34. The molecule has 0 aliphatic heterocycles. The van der Waals surface area contributed by atoms with Gasteiger partial charge in [-0.2, -0.15) is 4.99 Å². The van der Waals surface area contributed by atoms with E-state index in [2.05, 4.69) is 15.3 Å². The Kier molecular flexibility index (Phi) is 4.92. The molecule has 3 rings (SSSR count). The van der Waals surface area contributed by atoms with Crippen LogP contribution in [-0.2, 0) is 24.6 Å². The molecule has 7 nitrogen and oxygen atoms in total. The number of urea groups is 1. The Balaban J connectivity index is 2.06. The third-order valence-corrected chi connectivity index (χ3v) is 4.20. The lowest BCUT2D eigenvalue weighted by molar-refractivity contribution is 0.0590. The number of hydrogen-bond acceptors (Lipinski definition) is 4. The number of ether oxygens (including phenoxy) is 1. The van der Waals surface area contributed by atoms with Gasteiger partial charge < -0.3 is 14.6 Å². The Morgan fingerprint density at radius 3 is 2.64 bits per heavy atom. The fourth-order valence-corrected chi connectivity index (χ4v) is 2.96. The highest BCUT2D eigenvalue weighted by molar-refractivity contribution is 5.91. The van der Waals surface area contributed by atoms with Crippen LogP contribution in [0.4, 0.5) is 10.5 Å². The largest absolute Gasteiger partial charge is 0.464 e. The van der Waals surface area contributed by atoms with Gasteiger partial charge in [0, 0.05) is 18.4 Å². The maximum absolute atomic E-state index is 12.3. The number of esters is 1. The fraction of sp³-hybridized carbons (Fsp3) is 0.333. The van der Waals surface area contributed by atoms with E-state index in [1.165, 1.54) is 7.11 Å². The van der Waals surface area contributed by atoms with Crippen LogP contribution in [0.5, 0.6) is 0 Å². The average Bonchev–Trinajstić information content (AvgIpc) is 2.64. The van der Waals surface area contributed by atoms with Gasteiger partial charge >= 0.3 is 12.0 Å². The minimum absolute atomic E-state index is 0.0638. The van der Waals surface area contributed by atoms with E-state index in [4.69, 9.17) is 4.74 Å². The van der Waals surface area contributed by atoms with E-state index in [0.717, 1.165) is 37.1 Å². The molecule has 2 aromatic rings. The van der Waals surface area contributed by atoms with Crippen LogP contribution in [0.2, 0.25) is 0 Å². The van der Waals surface area contributed by atoms with Gasteiger partial charge in [-0.15, -0.1) is 0 Å². The molecule has 1 aromatic heterocycles. The van der Waals surface area contributed by atoms with Gasteiger partial charge in [0.05, 0.1) is 12.8 Å². The highest BCUT2D eigenvalue weighted by Gasteiger charge is 2.21. The summed E-state index contributed by atoms with van der Waals surface area (Å²) in [4.78, 5) is 32.9. The number of aryl methyl sites for hydroxylation is 1. The van der Waals surface area contributed by atoms with Crippen LogP contribution in [0.25, 0.3) is 0 Å². The zero-order valence-electron chi connectivity index (χ0n) is 14.3. The number of nitrogens with zero attached hydrogens (tertiary/aromatic N) is 3. The molecule has 1 N–H and O–H groups in total. The molecule has 1 aromatic carbocycles. The molecule has 0 saturated carbocycles. The van der Waals surface area contributed by atoms with Gasteiger partial charge in [0.25, 0.3) is 0 Å². The van der Waals surface area contributed by atoms with Gasteiger partial charge in [0.15, 0.2) is 11.2 Å². The molecule has 0 fully saturated rings. The summed E-state index contributed by atoms with van der Waals surface area (Å²) in [5.74, 6) is -0.602. The van der Waals surface area contributed by atoms with Gasteiger partial charge in [-0.1, -0.05) is 18.2 Å². The number of rotatable bonds is 2. The first kappa shape index (κ1) is 16.9. The number of anilines is 1. The molecule has 0 radical (unpaired) electrons. The zero-order valence-corrected chi connectivity index (χ0v) is 14.3. The van der Waals surface area contributed by atoms with E-state index in [1.807, 2.05) is 18.2 Å². The summed E-state index contributed by atoms with van der Waals surface area (Å²) in [7, 11) is 3.09. The molecule has 0 saturated heterocycles. The molecule has 1 aliphatic rings. The Labute approximate surface area is 145 Å². The first-order chi connectivity index (χ1) is 12.1. The van der Waals surface area contributed by atoms with Crippen molar-refractivity contribution >= 4 is 17.7 Å². The highest BCUT2D eigenvalue weighted by atomic mass is 16.5. The van der Waals surface area contributed by atoms with Gasteiger partial charge in [-0.05, 0) is 37.8 Å². The number of hydrogen-bond donors (Lipinski definition) is 1. The SMILES string of the molecule is COC(=O)c1nc2c(n(C)/c1=N\C(=O)Nc1ccccc1)CCCC2. The van der Waals surface area contributed by atoms with Crippen molar-refractivity contribution in [3.8, 4) is 0 Å². The van der Waals surface area contributed by atoms with Gasteiger partial charge in [0.1, 0.15) is 0 Å². The third kappa shape index (κ3) is 3.60. The van der Waals surface area contributed by atoms with Crippen molar-refractivity contribution in [3.63, 3.8) is 0 Å².